The lowest BCUT2D eigenvalue weighted by molar-refractivity contribution is -0.142. The number of thiol groups is 1. The maximum absolute atomic E-state index is 14.8. The van der Waals surface area contributed by atoms with Crippen molar-refractivity contribution in [3.05, 3.63) is 71.8 Å². The molecule has 0 saturated carbocycles. The molecular formula is C97H159N21O24S6. The summed E-state index contributed by atoms with van der Waals surface area (Å²) in [7, 11) is 0. The topological polar surface area (TPSA) is 686 Å². The van der Waals surface area contributed by atoms with Crippen LogP contribution in [0.2, 0.25) is 0 Å². The van der Waals surface area contributed by atoms with E-state index in [4.69, 9.17) is 5.73 Å². The Bertz CT molecular complexity index is 4640. The second-order valence-corrected chi connectivity index (χ2v) is 42.7. The molecule has 20 atom stereocenters. The van der Waals surface area contributed by atoms with Crippen molar-refractivity contribution < 1.29 is 116 Å². The number of thioether (sulfide) groups is 5. The summed E-state index contributed by atoms with van der Waals surface area (Å²) in [6.45, 7) is 19.4. The highest BCUT2D eigenvalue weighted by Gasteiger charge is 2.41. The monoisotopic (exact) mass is 2190 g/mol. The molecule has 25 N–H and O–H groups in total. The van der Waals surface area contributed by atoms with Gasteiger partial charge in [-0.05, 0) is 180 Å². The molecule has 51 heteroatoms. The molecule has 2 aromatic rings. The summed E-state index contributed by atoms with van der Waals surface area (Å²) in [5.41, 5.74) is 6.53. The zero-order chi connectivity index (χ0) is 112. The minimum atomic E-state index is -1.82. The predicted octanol–water partition coefficient (Wildman–Crippen LogP) is -2.56. The van der Waals surface area contributed by atoms with Crippen molar-refractivity contribution in [3.63, 3.8) is 0 Å². The Morgan fingerprint density at radius 3 is 0.919 bits per heavy atom. The molecule has 45 nitrogen and oxygen atoms in total. The van der Waals surface area contributed by atoms with Crippen LogP contribution in [0, 0.1) is 29.6 Å². The molecule has 148 heavy (non-hydrogen) atoms. The lowest BCUT2D eigenvalue weighted by Gasteiger charge is -2.29. The molecule has 2 rings (SSSR count). The molecule has 0 bridgehead atoms. The quantitative estimate of drug-likeness (QED) is 0.0303. The summed E-state index contributed by atoms with van der Waals surface area (Å²) in [6.07, 6.45) is 9.27. The van der Waals surface area contributed by atoms with Crippen LogP contribution in [0.5, 0.6) is 0 Å². The van der Waals surface area contributed by atoms with Crippen LogP contribution in [0.3, 0.4) is 0 Å². The Morgan fingerprint density at radius 1 is 0.297 bits per heavy atom. The van der Waals surface area contributed by atoms with Gasteiger partial charge in [-0.2, -0.15) is 71.4 Å². The molecule has 0 heterocycles. The summed E-state index contributed by atoms with van der Waals surface area (Å²) in [6, 6.07) is -9.54. The van der Waals surface area contributed by atoms with E-state index in [0.29, 0.717) is 40.6 Å². The van der Waals surface area contributed by atoms with E-state index >= 15 is 0 Å². The van der Waals surface area contributed by atoms with E-state index in [2.05, 4.69) is 119 Å². The highest BCUT2D eigenvalue weighted by atomic mass is 32.2. The molecule has 0 aliphatic rings. The Labute approximate surface area is 893 Å². The van der Waals surface area contributed by atoms with Crippen LogP contribution >= 0.6 is 71.4 Å². The number of rotatable bonds is 72. The van der Waals surface area contributed by atoms with Crippen LogP contribution in [0.4, 0.5) is 0 Å². The van der Waals surface area contributed by atoms with Gasteiger partial charge >= 0.3 is 5.97 Å². The number of nitrogens with one attached hydrogen (secondary N) is 20. The number of carbonyl (C=O) groups excluding carboxylic acids is 20. The molecule has 0 aliphatic carbocycles. The second kappa shape index (κ2) is 71.9. The molecule has 0 aromatic heterocycles. The Hall–Kier alpha value is -10.7. The van der Waals surface area contributed by atoms with Gasteiger partial charge in [-0.1, -0.05) is 136 Å². The number of nitrogens with two attached hydrogens (primary N) is 1. The van der Waals surface area contributed by atoms with Crippen molar-refractivity contribution in [2.75, 3.05) is 92.1 Å². The van der Waals surface area contributed by atoms with Crippen molar-refractivity contribution in [2.24, 2.45) is 35.3 Å². The minimum Gasteiger partial charge on any atom is -0.480 e. The first-order valence-corrected chi connectivity index (χ1v) is 56.8. The van der Waals surface area contributed by atoms with E-state index in [9.17, 15) is 116 Å². The number of aliphatic hydroxyl groups excluding tert-OH is 2. The van der Waals surface area contributed by atoms with Crippen LogP contribution in [-0.4, -0.2) is 346 Å². The maximum Gasteiger partial charge on any atom is 0.326 e. The number of benzene rings is 2. The third-order valence-corrected chi connectivity index (χ3v) is 26.8. The molecule has 0 radical (unpaired) electrons. The number of carboxylic acid groups (broad SMARTS) is 1. The molecule has 832 valence electrons. The van der Waals surface area contributed by atoms with Crippen molar-refractivity contribution in [1.82, 2.24) is 106 Å². The second-order valence-electron chi connectivity index (χ2n) is 37.4. The van der Waals surface area contributed by atoms with Gasteiger partial charge in [0.25, 0.3) is 0 Å². The van der Waals surface area contributed by atoms with Gasteiger partial charge in [0.1, 0.15) is 115 Å². The van der Waals surface area contributed by atoms with Gasteiger partial charge in [-0.15, -0.1) is 0 Å². The molecular weight excluding hydrogens is 2040 g/mol. The summed E-state index contributed by atoms with van der Waals surface area (Å²) in [5, 5.41) is 82.3. The average Bonchev–Trinajstić information content (AvgIpc) is 0.848. The fraction of sp³-hybridized carbons (Fsp3) is 0.660. The molecule has 0 fully saturated rings. The molecule has 0 unspecified atom stereocenters. The summed E-state index contributed by atoms with van der Waals surface area (Å²) in [4.78, 5) is 291. The smallest absolute Gasteiger partial charge is 0.326 e. The normalized spacial score (nSPS) is 15.3. The first-order chi connectivity index (χ1) is 69.9. The summed E-state index contributed by atoms with van der Waals surface area (Å²) >= 11 is 11.0. The first kappa shape index (κ1) is 133. The fourth-order valence-corrected chi connectivity index (χ4v) is 17.1. The van der Waals surface area contributed by atoms with Gasteiger partial charge in [0, 0.05) is 18.6 Å². The largest absolute Gasteiger partial charge is 0.480 e. The van der Waals surface area contributed by atoms with Gasteiger partial charge in [0.2, 0.25) is 118 Å². The van der Waals surface area contributed by atoms with E-state index in [1.54, 1.807) is 133 Å². The number of hydrogen-bond donors (Lipinski definition) is 25. The van der Waals surface area contributed by atoms with Crippen molar-refractivity contribution in [3.8, 4) is 0 Å². The zero-order valence-electron chi connectivity index (χ0n) is 88.0. The SMILES string of the molecule is CC[C@H](C)[C@H](NC(=O)[C@H](C)NC(=O)[C@H](CCSC)NC(=O)[C@H](CCSC)NC(=O)[C@H](Cc1ccccc1)NC(=O)[C@H](C)NC(=O)[C@H](CC(C)C)NC(=O)[C@H](Cc1ccccc1)NC(=O)[C@H](CO)NC(=O)[C@H](CCSC)NC(=O)[C@@H](NC(=O)[C@H](CO)NC(=O)[C@H](C)NC(=O)[C@H](C)NC(=O)[C@H](CS)NC(=O)[C@H](CCSC)NC(=O)[C@H](CC(C)C)NC(=O)CN)C(C)C)C(=O)N[C@@H](CC(C)C)C(=O)NCC(=O)N[C@@H](CCSC)C(=O)O. The number of hydrogen-bond acceptors (Lipinski definition) is 30. The standard InChI is InChI=1S/C97H159N21O24S6/c1-20-55(10)78(96(140)113-67(41-51(2)3)83(127)99-47-76(122)104-66(97(141)142)35-40-148-19)118-82(126)59(14)101-84(128)62(31-36-144-15)106-85(129)63(32-37-145-16)108-90(134)70(44-60-27-23-21-24-28-60)110-80(124)58(13)102-88(132)69(43-53(6)7)111-91(135)71(45-61-29-25-22-26-30-61)112-92(136)72(48-119)115-86(130)65(34-39-147-18)109-95(139)77(54(8)9)117-93(137)73(49-120)114-81(125)57(12)100-79(123)56(11)103-94(138)74(50-143)116-87(131)64(33-38-146-17)107-89(133)68(42-52(4)5)105-75(121)46-98/h21-30,51-59,62-74,77-78,119-120,143H,20,31-50,98H2,1-19H3,(H,99,127)(H,100,123)(H,101,128)(H,102,132)(H,103,138)(H,104,122)(H,105,121)(H,106,129)(H,107,133)(H,108,134)(H,109,139)(H,110,124)(H,111,135)(H,112,136)(H,113,140)(H,114,125)(H,115,130)(H,116,131)(H,117,137)(H,118,126)(H,141,142)/t55-,56-,57-,58-,59-,62-,63-,64-,65-,66-,67-,68-,69-,70-,71-,72-,73-,74-,77-,78-/m0/s1. The van der Waals surface area contributed by atoms with E-state index in [1.165, 1.54) is 100 Å². The zero-order valence-corrected chi connectivity index (χ0v) is 92.9. The number of carboxylic acids is 1. The Morgan fingerprint density at radius 2 is 0.554 bits per heavy atom. The van der Waals surface area contributed by atoms with E-state index in [-0.39, 0.29) is 100 Å². The van der Waals surface area contributed by atoms with Crippen LogP contribution in [0.1, 0.15) is 166 Å². The lowest BCUT2D eigenvalue weighted by Crippen LogP contribution is -2.62. The van der Waals surface area contributed by atoms with E-state index in [1.807, 2.05) is 13.8 Å². The molecule has 0 aliphatic heterocycles. The average molecular weight is 2200 g/mol. The highest BCUT2D eigenvalue weighted by molar-refractivity contribution is 7.99. The Kier molecular flexibility index (Phi) is 64.8. The van der Waals surface area contributed by atoms with Gasteiger partial charge in [0.05, 0.1) is 26.3 Å². The minimum absolute atomic E-state index is 0.00651. The third kappa shape index (κ3) is 50.3. The van der Waals surface area contributed by atoms with Crippen molar-refractivity contribution >= 4 is 196 Å². The van der Waals surface area contributed by atoms with E-state index < -0.39 is 271 Å². The fourth-order valence-electron chi connectivity index (χ4n) is 14.4. The van der Waals surface area contributed by atoms with Crippen LogP contribution in [0.25, 0.3) is 0 Å². The number of aliphatic hydroxyl groups is 2. The summed E-state index contributed by atoms with van der Waals surface area (Å²) < 4.78 is 0. The van der Waals surface area contributed by atoms with Crippen LogP contribution < -0.4 is 112 Å². The van der Waals surface area contributed by atoms with Crippen molar-refractivity contribution in [1.29, 1.82) is 0 Å². The molecule has 2 aromatic carbocycles. The molecule has 0 spiro atoms. The Balaban J connectivity index is 2.38. The van der Waals surface area contributed by atoms with Gasteiger partial charge < -0.3 is 127 Å². The number of aliphatic carboxylic acids is 1. The van der Waals surface area contributed by atoms with Crippen molar-refractivity contribution in [2.45, 2.75) is 282 Å². The summed E-state index contributed by atoms with van der Waals surface area (Å²) in [5.74, 6) is -18.8. The van der Waals surface area contributed by atoms with Gasteiger partial charge in [-0.25, -0.2) is 4.79 Å². The van der Waals surface area contributed by atoms with Gasteiger partial charge in [0.15, 0.2) is 0 Å². The lowest BCUT2D eigenvalue weighted by atomic mass is 9.96. The molecule has 0 saturated heterocycles. The predicted molar refractivity (Wildman–Crippen MR) is 575 cm³/mol. The van der Waals surface area contributed by atoms with Gasteiger partial charge in [-0.3, -0.25) is 95.9 Å². The number of amides is 20. The first-order valence-electron chi connectivity index (χ1n) is 49.2. The van der Waals surface area contributed by atoms with E-state index in [0.717, 1.165) is 0 Å². The highest BCUT2D eigenvalue weighted by Crippen LogP contribution is 2.18. The molecule has 20 amide bonds. The third-order valence-electron chi connectivity index (χ3n) is 23.2. The van der Waals surface area contributed by atoms with Crippen LogP contribution in [0.15, 0.2) is 60.7 Å². The number of carbonyl (C=O) groups is 21. The maximum atomic E-state index is 14.8. The van der Waals surface area contributed by atoms with Crippen LogP contribution in [-0.2, 0) is 114 Å².